The second-order valence-electron chi connectivity index (χ2n) is 11.3. The zero-order chi connectivity index (χ0) is 35.6. The van der Waals surface area contributed by atoms with Gasteiger partial charge in [0.2, 0.25) is 11.8 Å². The predicted octanol–water partition coefficient (Wildman–Crippen LogP) is 5.28. The quantitative estimate of drug-likeness (QED) is 0.124. The second kappa shape index (κ2) is 16.6. The molecule has 0 fully saturated rings. The van der Waals surface area contributed by atoms with Crippen LogP contribution in [0.25, 0.3) is 0 Å². The summed E-state index contributed by atoms with van der Waals surface area (Å²) in [6.45, 7) is 3.04. The third kappa shape index (κ3) is 9.14. The summed E-state index contributed by atoms with van der Waals surface area (Å²) in [5.41, 5.74) is 1.48. The Morgan fingerprint density at radius 3 is 2.18 bits per heavy atom. The largest absolute Gasteiger partial charge is 0.497 e. The number of nitro benzene ring substituents is 1. The van der Waals surface area contributed by atoms with Crippen LogP contribution in [-0.4, -0.2) is 63.4 Å². The molecule has 12 nitrogen and oxygen atoms in total. The van der Waals surface area contributed by atoms with E-state index in [2.05, 4.69) is 5.32 Å². The standard InChI is InChI=1S/C36H40N4O8S/c1-5-20-37-36(42)34(22-27-10-7-6-8-11-27)38(24-28-12-9-13-31(21-28)48-4)35(41)25-39(29-15-17-30(47-3)18-16-29)49(45,46)32-19-14-26(2)33(23-32)40(43)44/h6-19,21,23,34H,5,20,22,24-25H2,1-4H3,(H,37,42)/t34-/m0/s1. The second-order valence-corrected chi connectivity index (χ2v) is 13.1. The fourth-order valence-corrected chi connectivity index (χ4v) is 6.67. The summed E-state index contributed by atoms with van der Waals surface area (Å²) in [5.74, 6) is -0.0664. The van der Waals surface area contributed by atoms with Crippen molar-refractivity contribution in [3.8, 4) is 11.5 Å². The number of anilines is 1. The van der Waals surface area contributed by atoms with Crippen LogP contribution >= 0.6 is 0 Å². The number of carbonyl (C=O) groups excluding carboxylic acids is 2. The lowest BCUT2D eigenvalue weighted by molar-refractivity contribution is -0.385. The van der Waals surface area contributed by atoms with E-state index >= 15 is 0 Å². The molecule has 0 aliphatic carbocycles. The minimum atomic E-state index is -4.56. The number of sulfonamides is 1. The summed E-state index contributed by atoms with van der Waals surface area (Å²) in [4.78, 5) is 40.5. The van der Waals surface area contributed by atoms with Gasteiger partial charge in [-0.1, -0.05) is 55.5 Å². The van der Waals surface area contributed by atoms with Gasteiger partial charge >= 0.3 is 0 Å². The first-order chi connectivity index (χ1) is 23.5. The first kappa shape index (κ1) is 36.4. The van der Waals surface area contributed by atoms with Gasteiger partial charge in [0, 0.05) is 31.1 Å². The molecule has 0 radical (unpaired) electrons. The lowest BCUT2D eigenvalue weighted by Crippen LogP contribution is -2.53. The third-order valence-electron chi connectivity index (χ3n) is 7.91. The number of hydrogen-bond donors (Lipinski definition) is 1. The fraction of sp³-hybridized carbons (Fsp3) is 0.278. The van der Waals surface area contributed by atoms with E-state index in [1.165, 1.54) is 50.3 Å². The molecule has 258 valence electrons. The Bertz CT molecular complexity index is 1870. The van der Waals surface area contributed by atoms with E-state index < -0.39 is 39.3 Å². The molecule has 13 heteroatoms. The molecule has 0 saturated heterocycles. The molecule has 0 aromatic heterocycles. The van der Waals surface area contributed by atoms with Gasteiger partial charge in [0.1, 0.15) is 24.1 Å². The highest BCUT2D eigenvalue weighted by atomic mass is 32.2. The summed E-state index contributed by atoms with van der Waals surface area (Å²) < 4.78 is 40.2. The molecule has 0 heterocycles. The molecule has 1 N–H and O–H groups in total. The molecule has 4 aromatic rings. The first-order valence-electron chi connectivity index (χ1n) is 15.6. The Morgan fingerprint density at radius 2 is 1.55 bits per heavy atom. The minimum Gasteiger partial charge on any atom is -0.497 e. The molecule has 0 bridgehead atoms. The van der Waals surface area contributed by atoms with E-state index in [4.69, 9.17) is 9.47 Å². The number of nitrogens with one attached hydrogen (secondary N) is 1. The maximum atomic E-state index is 14.6. The van der Waals surface area contributed by atoms with Gasteiger partial charge in [-0.05, 0) is 66.9 Å². The van der Waals surface area contributed by atoms with Crippen LogP contribution < -0.4 is 19.1 Å². The average molecular weight is 689 g/mol. The Kier molecular flexibility index (Phi) is 12.3. The van der Waals surface area contributed by atoms with Crippen LogP contribution in [0, 0.1) is 17.0 Å². The number of carbonyl (C=O) groups is 2. The van der Waals surface area contributed by atoms with Gasteiger partial charge < -0.3 is 19.7 Å². The monoisotopic (exact) mass is 688 g/mol. The van der Waals surface area contributed by atoms with Gasteiger partial charge in [-0.3, -0.25) is 24.0 Å². The van der Waals surface area contributed by atoms with Crippen LogP contribution in [0.3, 0.4) is 0 Å². The summed E-state index contributed by atoms with van der Waals surface area (Å²) >= 11 is 0. The van der Waals surface area contributed by atoms with Crippen LogP contribution in [0.2, 0.25) is 0 Å². The van der Waals surface area contributed by atoms with Gasteiger partial charge in [-0.25, -0.2) is 8.42 Å². The average Bonchev–Trinajstić information content (AvgIpc) is 3.11. The number of benzene rings is 4. The number of nitrogens with zero attached hydrogens (tertiary/aromatic N) is 3. The molecule has 1 atom stereocenters. The zero-order valence-corrected chi connectivity index (χ0v) is 28.7. The number of rotatable bonds is 16. The highest BCUT2D eigenvalue weighted by molar-refractivity contribution is 7.92. The lowest BCUT2D eigenvalue weighted by atomic mass is 10.0. The predicted molar refractivity (Wildman–Crippen MR) is 186 cm³/mol. The van der Waals surface area contributed by atoms with E-state index in [0.29, 0.717) is 30.0 Å². The SMILES string of the molecule is CCCNC(=O)[C@H](Cc1ccccc1)N(Cc1cccc(OC)c1)C(=O)CN(c1ccc(OC)cc1)S(=O)(=O)c1ccc(C)c([N+](=O)[O-])c1. The Morgan fingerprint density at radius 1 is 0.878 bits per heavy atom. The van der Waals surface area contributed by atoms with Crippen molar-refractivity contribution >= 4 is 33.2 Å². The van der Waals surface area contributed by atoms with Gasteiger partial charge in [-0.15, -0.1) is 0 Å². The molecular formula is C36H40N4O8S. The van der Waals surface area contributed by atoms with E-state index in [0.717, 1.165) is 15.9 Å². The van der Waals surface area contributed by atoms with Gasteiger partial charge in [0.25, 0.3) is 15.7 Å². The van der Waals surface area contributed by atoms with Crippen molar-refractivity contribution in [2.24, 2.45) is 0 Å². The van der Waals surface area contributed by atoms with Crippen LogP contribution in [-0.2, 0) is 32.6 Å². The number of nitro groups is 1. The maximum Gasteiger partial charge on any atom is 0.273 e. The summed E-state index contributed by atoms with van der Waals surface area (Å²) in [5, 5.41) is 14.6. The molecule has 2 amide bonds. The molecule has 0 aliphatic rings. The smallest absolute Gasteiger partial charge is 0.273 e. The van der Waals surface area contributed by atoms with Crippen molar-refractivity contribution in [3.05, 3.63) is 124 Å². The van der Waals surface area contributed by atoms with Crippen molar-refractivity contribution in [2.45, 2.75) is 44.2 Å². The van der Waals surface area contributed by atoms with Crippen LogP contribution in [0.5, 0.6) is 11.5 Å². The number of amides is 2. The number of ether oxygens (including phenoxy) is 2. The maximum absolute atomic E-state index is 14.6. The molecule has 0 unspecified atom stereocenters. The Hall–Kier alpha value is -5.43. The van der Waals surface area contributed by atoms with Crippen molar-refractivity contribution < 1.29 is 32.4 Å². The van der Waals surface area contributed by atoms with E-state index in [1.54, 1.807) is 36.4 Å². The molecular weight excluding hydrogens is 648 g/mol. The molecule has 0 saturated carbocycles. The summed E-state index contributed by atoms with van der Waals surface area (Å²) in [6.07, 6.45) is 0.825. The highest BCUT2D eigenvalue weighted by Crippen LogP contribution is 2.30. The van der Waals surface area contributed by atoms with Crippen molar-refractivity contribution in [2.75, 3.05) is 31.6 Å². The highest BCUT2D eigenvalue weighted by Gasteiger charge is 2.35. The molecule has 49 heavy (non-hydrogen) atoms. The Balaban J connectivity index is 1.84. The normalized spacial score (nSPS) is 11.7. The van der Waals surface area contributed by atoms with E-state index in [9.17, 15) is 28.1 Å². The van der Waals surface area contributed by atoms with Crippen molar-refractivity contribution in [1.29, 1.82) is 0 Å². The lowest BCUT2D eigenvalue weighted by Gasteiger charge is -2.34. The van der Waals surface area contributed by atoms with Crippen molar-refractivity contribution in [3.63, 3.8) is 0 Å². The molecule has 4 aromatic carbocycles. The topological polar surface area (TPSA) is 148 Å². The van der Waals surface area contributed by atoms with E-state index in [1.807, 2.05) is 37.3 Å². The Labute approximate surface area is 286 Å². The van der Waals surface area contributed by atoms with Crippen molar-refractivity contribution in [1.82, 2.24) is 10.2 Å². The molecule has 0 spiro atoms. The first-order valence-corrected chi connectivity index (χ1v) is 17.1. The van der Waals surface area contributed by atoms with Gasteiger partial charge in [0.05, 0.1) is 29.7 Å². The fourth-order valence-electron chi connectivity index (χ4n) is 5.24. The summed E-state index contributed by atoms with van der Waals surface area (Å²) in [7, 11) is -1.57. The minimum absolute atomic E-state index is 0.0421. The van der Waals surface area contributed by atoms with Crippen LogP contribution in [0.15, 0.2) is 102 Å². The zero-order valence-electron chi connectivity index (χ0n) is 27.9. The van der Waals surface area contributed by atoms with E-state index in [-0.39, 0.29) is 34.8 Å². The van der Waals surface area contributed by atoms with Crippen LogP contribution in [0.1, 0.15) is 30.0 Å². The number of methoxy groups -OCH3 is 2. The number of hydrogen-bond acceptors (Lipinski definition) is 8. The molecule has 0 aliphatic heterocycles. The van der Waals surface area contributed by atoms with Gasteiger partial charge in [-0.2, -0.15) is 0 Å². The number of aryl methyl sites for hydroxylation is 1. The van der Waals surface area contributed by atoms with Gasteiger partial charge in [0.15, 0.2) is 0 Å². The molecule has 4 rings (SSSR count). The third-order valence-corrected chi connectivity index (χ3v) is 9.68. The van der Waals surface area contributed by atoms with Crippen LogP contribution in [0.4, 0.5) is 11.4 Å². The summed E-state index contributed by atoms with van der Waals surface area (Å²) in [6, 6.07) is 24.9.